The molecule has 1 amide bonds. The summed E-state index contributed by atoms with van der Waals surface area (Å²) in [5.74, 6) is 0.288. The highest BCUT2D eigenvalue weighted by atomic mass is 32.3. The zero-order valence-corrected chi connectivity index (χ0v) is 19.4. The highest BCUT2D eigenvalue weighted by molar-refractivity contribution is 7.90. The molecule has 13 nitrogen and oxygen atoms in total. The Hall–Kier alpha value is -2.73. The van der Waals surface area contributed by atoms with Crippen molar-refractivity contribution in [3.05, 3.63) is 36.3 Å². The maximum absolute atomic E-state index is 12.1. The summed E-state index contributed by atoms with van der Waals surface area (Å²) in [6.07, 6.45) is 4.38. The van der Waals surface area contributed by atoms with Crippen LogP contribution in [-0.2, 0) is 25.0 Å². The summed E-state index contributed by atoms with van der Waals surface area (Å²) in [6, 6.07) is 5.08. The number of nitrogens with zero attached hydrogens (tertiary/aromatic N) is 2. The van der Waals surface area contributed by atoms with Crippen molar-refractivity contribution in [1.82, 2.24) is 15.0 Å². The Kier molecular flexibility index (Phi) is 10.3. The fourth-order valence-corrected chi connectivity index (χ4v) is 4.34. The summed E-state index contributed by atoms with van der Waals surface area (Å²) in [4.78, 5) is 23.7. The van der Waals surface area contributed by atoms with E-state index in [9.17, 15) is 13.2 Å². The molecular weight excluding hydrogens is 488 g/mol. The number of aryl methyl sites for hydroxylation is 1. The molecule has 178 valence electrons. The molecule has 0 aliphatic rings. The lowest BCUT2D eigenvalue weighted by Gasteiger charge is -2.08. The number of aromatic nitrogens is 3. The van der Waals surface area contributed by atoms with Gasteiger partial charge in [-0.2, -0.15) is 8.42 Å². The van der Waals surface area contributed by atoms with Gasteiger partial charge in [0.15, 0.2) is 15.0 Å². The van der Waals surface area contributed by atoms with Gasteiger partial charge in [0.1, 0.15) is 5.82 Å². The van der Waals surface area contributed by atoms with E-state index in [1.54, 1.807) is 30.6 Å². The van der Waals surface area contributed by atoms with Crippen LogP contribution >= 0.6 is 11.3 Å². The first kappa shape index (κ1) is 29.3. The Morgan fingerprint density at radius 1 is 1.16 bits per heavy atom. The number of hydrogen-bond donors (Lipinski definition) is 4. The van der Waals surface area contributed by atoms with Crippen LogP contribution in [0.4, 0.5) is 5.13 Å². The number of hydrogen-bond acceptors (Lipinski definition) is 8. The second-order valence-electron chi connectivity index (χ2n) is 5.98. The molecule has 3 rings (SSSR count). The molecule has 0 unspecified atom stereocenters. The number of sulfone groups is 1. The molecule has 3 aromatic rings. The quantitative estimate of drug-likeness (QED) is 0.358. The average molecular weight is 511 g/mol. The van der Waals surface area contributed by atoms with E-state index < -0.39 is 20.2 Å². The van der Waals surface area contributed by atoms with Crippen LogP contribution in [0.2, 0.25) is 0 Å². The van der Waals surface area contributed by atoms with Crippen molar-refractivity contribution in [2.24, 2.45) is 0 Å². The maximum Gasteiger partial charge on any atom is 0.394 e. The zero-order valence-electron chi connectivity index (χ0n) is 16.9. The van der Waals surface area contributed by atoms with Gasteiger partial charge in [-0.1, -0.05) is 17.4 Å². The molecule has 8 N–H and O–H groups in total. The Balaban J connectivity index is 0.00000124. The van der Waals surface area contributed by atoms with Gasteiger partial charge in [-0.25, -0.2) is 18.4 Å². The van der Waals surface area contributed by atoms with Crippen LogP contribution in [0.25, 0.3) is 21.8 Å². The highest BCUT2D eigenvalue weighted by Crippen LogP contribution is 2.36. The SMILES string of the molecule is CC(=O)Nc1nc(C)c(-c2ccc(S(C)(=O)=O)c(-c3ncc[nH]3)c2)s1.O.O.O=S(=O)(O)O. The molecule has 0 aliphatic carbocycles. The molecular formula is C16H22N4O9S3. The summed E-state index contributed by atoms with van der Waals surface area (Å²) in [6.45, 7) is 3.26. The molecule has 2 heterocycles. The van der Waals surface area contributed by atoms with Crippen molar-refractivity contribution < 1.29 is 41.7 Å². The molecule has 0 radical (unpaired) electrons. The molecule has 0 fully saturated rings. The number of imidazole rings is 1. The van der Waals surface area contributed by atoms with Gasteiger partial charge in [0.25, 0.3) is 0 Å². The van der Waals surface area contributed by atoms with Gasteiger partial charge in [-0.05, 0) is 24.6 Å². The Labute approximate surface area is 187 Å². The predicted molar refractivity (Wildman–Crippen MR) is 119 cm³/mol. The minimum absolute atomic E-state index is 0. The molecule has 32 heavy (non-hydrogen) atoms. The van der Waals surface area contributed by atoms with Crippen molar-refractivity contribution in [2.75, 3.05) is 11.6 Å². The number of carbonyl (C=O) groups is 1. The summed E-state index contributed by atoms with van der Waals surface area (Å²) in [5, 5.41) is 3.17. The topological polar surface area (TPSA) is 242 Å². The van der Waals surface area contributed by atoms with Crippen LogP contribution in [-0.4, -0.2) is 64.0 Å². The fraction of sp³-hybridized carbons (Fsp3) is 0.188. The smallest absolute Gasteiger partial charge is 0.394 e. The first-order valence-electron chi connectivity index (χ1n) is 8.05. The fourth-order valence-electron chi connectivity index (χ4n) is 2.46. The lowest BCUT2D eigenvalue weighted by atomic mass is 10.1. The van der Waals surface area contributed by atoms with Gasteiger partial charge in [-0.3, -0.25) is 13.9 Å². The molecule has 16 heteroatoms. The molecule has 0 saturated heterocycles. The van der Waals surface area contributed by atoms with E-state index in [0.29, 0.717) is 16.5 Å². The molecule has 0 bridgehead atoms. The van der Waals surface area contributed by atoms with Crippen LogP contribution in [0, 0.1) is 6.92 Å². The van der Waals surface area contributed by atoms with Gasteiger partial charge in [0.2, 0.25) is 5.91 Å². The van der Waals surface area contributed by atoms with Crippen LogP contribution < -0.4 is 5.32 Å². The van der Waals surface area contributed by atoms with Gasteiger partial charge >= 0.3 is 10.4 Å². The first-order chi connectivity index (χ1) is 13.8. The molecule has 2 aromatic heterocycles. The molecule has 1 aromatic carbocycles. The van der Waals surface area contributed by atoms with Gasteiger partial charge in [-0.15, -0.1) is 0 Å². The third-order valence-electron chi connectivity index (χ3n) is 3.47. The summed E-state index contributed by atoms with van der Waals surface area (Å²) in [7, 11) is -8.08. The number of thiazole rings is 1. The second kappa shape index (κ2) is 11.2. The van der Waals surface area contributed by atoms with Gasteiger partial charge in [0.05, 0.1) is 15.5 Å². The van der Waals surface area contributed by atoms with Crippen molar-refractivity contribution in [1.29, 1.82) is 0 Å². The van der Waals surface area contributed by atoms with Crippen LogP contribution in [0.1, 0.15) is 12.6 Å². The number of carbonyl (C=O) groups excluding carboxylic acids is 1. The average Bonchev–Trinajstić information content (AvgIpc) is 3.21. The number of aromatic amines is 1. The van der Waals surface area contributed by atoms with Crippen molar-refractivity contribution in [3.63, 3.8) is 0 Å². The van der Waals surface area contributed by atoms with Crippen LogP contribution in [0.15, 0.2) is 35.5 Å². The highest BCUT2D eigenvalue weighted by Gasteiger charge is 2.19. The van der Waals surface area contributed by atoms with E-state index in [-0.39, 0.29) is 21.8 Å². The van der Waals surface area contributed by atoms with E-state index in [0.717, 1.165) is 16.1 Å². The number of H-pyrrole nitrogens is 1. The summed E-state index contributed by atoms with van der Waals surface area (Å²) < 4.78 is 55.8. The Morgan fingerprint density at radius 3 is 2.22 bits per heavy atom. The van der Waals surface area contributed by atoms with Crippen molar-refractivity contribution >= 4 is 42.6 Å². The largest absolute Gasteiger partial charge is 0.412 e. The minimum atomic E-state index is -4.67. The summed E-state index contributed by atoms with van der Waals surface area (Å²) in [5.41, 5.74) is 2.07. The number of benzene rings is 1. The Bertz CT molecular complexity index is 1260. The first-order valence-corrected chi connectivity index (χ1v) is 12.2. The molecule has 0 atom stereocenters. The van der Waals surface area contributed by atoms with Gasteiger partial charge in [0, 0.05) is 31.1 Å². The van der Waals surface area contributed by atoms with Crippen molar-refractivity contribution in [3.8, 4) is 21.8 Å². The van der Waals surface area contributed by atoms with E-state index in [1.807, 2.05) is 6.92 Å². The number of rotatable bonds is 4. The molecule has 0 saturated carbocycles. The van der Waals surface area contributed by atoms with Crippen LogP contribution in [0.5, 0.6) is 0 Å². The maximum atomic E-state index is 12.1. The Morgan fingerprint density at radius 2 is 1.75 bits per heavy atom. The van der Waals surface area contributed by atoms with E-state index in [4.69, 9.17) is 17.5 Å². The third kappa shape index (κ3) is 8.42. The molecule has 0 spiro atoms. The van der Waals surface area contributed by atoms with Crippen molar-refractivity contribution in [2.45, 2.75) is 18.7 Å². The third-order valence-corrected chi connectivity index (χ3v) is 5.75. The lowest BCUT2D eigenvalue weighted by molar-refractivity contribution is -0.114. The van der Waals surface area contributed by atoms with Gasteiger partial charge < -0.3 is 21.3 Å². The second-order valence-corrected chi connectivity index (χ2v) is 9.86. The summed E-state index contributed by atoms with van der Waals surface area (Å²) >= 11 is 1.34. The number of nitrogens with one attached hydrogen (secondary N) is 2. The normalized spacial score (nSPS) is 10.8. The molecule has 0 aliphatic heterocycles. The van der Waals surface area contributed by atoms with E-state index in [2.05, 4.69) is 20.3 Å². The van der Waals surface area contributed by atoms with E-state index in [1.165, 1.54) is 24.5 Å². The standard InChI is InChI=1S/C16H16N4O3S2.H2O4S.2H2O/c1-9-14(24-16(19-9)20-10(2)21)11-4-5-13(25(3,22)23)12(8-11)15-17-6-7-18-15;1-5(2,3)4;;/h4-8H,1-3H3,(H,17,18)(H,19,20,21);(H2,1,2,3,4);2*1H2. The predicted octanol–water partition coefficient (Wildman–Crippen LogP) is 0.568. The monoisotopic (exact) mass is 510 g/mol. The lowest BCUT2D eigenvalue weighted by Crippen LogP contribution is -2.04. The minimum Gasteiger partial charge on any atom is -0.412 e. The van der Waals surface area contributed by atoms with Crippen LogP contribution in [0.3, 0.4) is 0 Å². The zero-order chi connectivity index (χ0) is 22.7. The number of amides is 1. The number of anilines is 1. The van der Waals surface area contributed by atoms with E-state index >= 15 is 0 Å².